The summed E-state index contributed by atoms with van der Waals surface area (Å²) in [4.78, 5) is 12.5. The number of amides is 1. The third-order valence-electron chi connectivity index (χ3n) is 5.71. The van der Waals surface area contributed by atoms with Gasteiger partial charge in [-0.25, -0.2) is 0 Å². The second-order valence-electron chi connectivity index (χ2n) is 7.50. The van der Waals surface area contributed by atoms with Crippen LogP contribution in [0.5, 0.6) is 0 Å². The molecule has 6 heteroatoms. The molecule has 0 aromatic heterocycles. The van der Waals surface area contributed by atoms with Crippen LogP contribution in [-0.4, -0.2) is 36.4 Å². The Morgan fingerprint density at radius 1 is 1.21 bits per heavy atom. The number of rotatable bonds is 5. The number of hydrazone groups is 1. The number of carbonyl (C=O) groups is 1. The highest BCUT2D eigenvalue weighted by molar-refractivity contribution is 6.05. The van der Waals surface area contributed by atoms with Crippen molar-refractivity contribution < 1.29 is 9.53 Å². The van der Waals surface area contributed by atoms with Gasteiger partial charge in [0.05, 0.1) is 30.1 Å². The highest BCUT2D eigenvalue weighted by Crippen LogP contribution is 2.33. The Labute approximate surface area is 165 Å². The molecule has 0 saturated heterocycles. The third kappa shape index (κ3) is 3.87. The van der Waals surface area contributed by atoms with E-state index < -0.39 is 0 Å². The number of nitrogens with two attached hydrogens (primary N) is 1. The summed E-state index contributed by atoms with van der Waals surface area (Å²) in [5, 5.41) is 9.65. The number of hydrogen-bond donors (Lipinski definition) is 2. The summed E-state index contributed by atoms with van der Waals surface area (Å²) in [6.07, 6.45) is 5.66. The van der Waals surface area contributed by atoms with E-state index in [1.807, 2.05) is 36.4 Å². The Balaban J connectivity index is 1.39. The van der Waals surface area contributed by atoms with E-state index in [0.29, 0.717) is 35.0 Å². The van der Waals surface area contributed by atoms with E-state index in [1.54, 1.807) is 19.2 Å². The smallest absolute Gasteiger partial charge is 0.255 e. The van der Waals surface area contributed by atoms with Crippen molar-refractivity contribution in [2.45, 2.75) is 38.0 Å². The molecule has 1 aliphatic carbocycles. The van der Waals surface area contributed by atoms with Gasteiger partial charge in [0.15, 0.2) is 0 Å². The van der Waals surface area contributed by atoms with Gasteiger partial charge < -0.3 is 15.8 Å². The van der Waals surface area contributed by atoms with Gasteiger partial charge in [-0.15, -0.1) is 0 Å². The van der Waals surface area contributed by atoms with Crippen LogP contribution in [0.1, 0.15) is 35.2 Å². The molecule has 1 heterocycles. The van der Waals surface area contributed by atoms with E-state index in [1.165, 1.54) is 0 Å². The summed E-state index contributed by atoms with van der Waals surface area (Å²) in [5.41, 5.74) is 8.81. The number of nitrogen functional groups attached to an aromatic ring is 1. The molecule has 28 heavy (non-hydrogen) atoms. The Bertz CT molecular complexity index is 865. The number of nitrogens with one attached hydrogen (secondary N) is 1. The van der Waals surface area contributed by atoms with E-state index in [4.69, 9.17) is 10.5 Å². The average molecular weight is 378 g/mol. The van der Waals surface area contributed by atoms with Crippen LogP contribution < -0.4 is 11.1 Å². The third-order valence-corrected chi connectivity index (χ3v) is 5.71. The number of hydrogen-bond acceptors (Lipinski definition) is 5. The van der Waals surface area contributed by atoms with Crippen molar-refractivity contribution in [2.24, 2.45) is 11.0 Å². The molecule has 2 aliphatic rings. The molecular formula is C22H26N4O2. The molecular weight excluding hydrogens is 352 g/mol. The zero-order valence-corrected chi connectivity index (χ0v) is 16.0. The fourth-order valence-electron chi connectivity index (χ4n) is 4.03. The van der Waals surface area contributed by atoms with Gasteiger partial charge in [-0.2, -0.15) is 5.10 Å². The molecule has 1 saturated carbocycles. The van der Waals surface area contributed by atoms with E-state index in [0.717, 1.165) is 31.4 Å². The molecule has 1 fully saturated rings. The lowest BCUT2D eigenvalue weighted by molar-refractivity contribution is 0.0234. The second kappa shape index (κ2) is 8.02. The van der Waals surface area contributed by atoms with Gasteiger partial charge in [0.1, 0.15) is 0 Å². The number of nitrogens with zero attached hydrogens (tertiary/aromatic N) is 2. The monoisotopic (exact) mass is 378 g/mol. The first-order valence-electron chi connectivity index (χ1n) is 9.72. The summed E-state index contributed by atoms with van der Waals surface area (Å²) in [7, 11) is 1.79. The van der Waals surface area contributed by atoms with Crippen molar-refractivity contribution in [1.29, 1.82) is 0 Å². The predicted molar refractivity (Wildman–Crippen MR) is 111 cm³/mol. The molecule has 0 radical (unpaired) electrons. The van der Waals surface area contributed by atoms with Gasteiger partial charge in [0.2, 0.25) is 0 Å². The summed E-state index contributed by atoms with van der Waals surface area (Å²) < 4.78 is 5.56. The maximum Gasteiger partial charge on any atom is 0.255 e. The van der Waals surface area contributed by atoms with Gasteiger partial charge in [-0.3, -0.25) is 9.80 Å². The zero-order chi connectivity index (χ0) is 19.5. The van der Waals surface area contributed by atoms with Crippen molar-refractivity contribution in [3.63, 3.8) is 0 Å². The minimum Gasteiger partial charge on any atom is -0.397 e. The van der Waals surface area contributed by atoms with E-state index in [9.17, 15) is 4.79 Å². The summed E-state index contributed by atoms with van der Waals surface area (Å²) >= 11 is 0. The van der Waals surface area contributed by atoms with Crippen molar-refractivity contribution in [2.75, 3.05) is 18.2 Å². The van der Waals surface area contributed by atoms with Gasteiger partial charge in [-0.1, -0.05) is 24.3 Å². The molecule has 6 nitrogen and oxygen atoms in total. The van der Waals surface area contributed by atoms with Crippen LogP contribution in [0.4, 0.5) is 11.4 Å². The average Bonchev–Trinajstić information content (AvgIpc) is 3.12. The van der Waals surface area contributed by atoms with Gasteiger partial charge in [-0.05, 0) is 49.1 Å². The lowest BCUT2D eigenvalue weighted by Crippen LogP contribution is -2.39. The van der Waals surface area contributed by atoms with Gasteiger partial charge in [0, 0.05) is 24.8 Å². The lowest BCUT2D eigenvalue weighted by Gasteiger charge is -2.35. The van der Waals surface area contributed by atoms with Crippen molar-refractivity contribution >= 4 is 23.5 Å². The first kappa shape index (κ1) is 18.5. The SMILES string of the molecule is COC1CCC2C=NN(Cc3ccc(C(=O)Nc4ccccc4N)cc3)C2C1. The van der Waals surface area contributed by atoms with Crippen LogP contribution in [0, 0.1) is 5.92 Å². The predicted octanol–water partition coefficient (Wildman–Crippen LogP) is 3.51. The highest BCUT2D eigenvalue weighted by atomic mass is 16.5. The maximum absolute atomic E-state index is 12.5. The van der Waals surface area contributed by atoms with Gasteiger partial charge in [0.25, 0.3) is 5.91 Å². The number of ether oxygens (including phenoxy) is 1. The molecule has 3 unspecified atom stereocenters. The quantitative estimate of drug-likeness (QED) is 0.781. The largest absolute Gasteiger partial charge is 0.397 e. The van der Waals surface area contributed by atoms with Crippen LogP contribution in [0.2, 0.25) is 0 Å². The highest BCUT2D eigenvalue weighted by Gasteiger charge is 2.36. The first-order valence-corrected chi connectivity index (χ1v) is 9.72. The Morgan fingerprint density at radius 3 is 2.75 bits per heavy atom. The fourth-order valence-corrected chi connectivity index (χ4v) is 4.03. The first-order chi connectivity index (χ1) is 13.6. The number of benzene rings is 2. The number of fused-ring (bicyclic) bond motifs is 1. The Morgan fingerprint density at radius 2 is 2.00 bits per heavy atom. The second-order valence-corrected chi connectivity index (χ2v) is 7.50. The molecule has 1 aliphatic heterocycles. The van der Waals surface area contributed by atoms with Crippen LogP contribution >= 0.6 is 0 Å². The Hall–Kier alpha value is -2.86. The minimum atomic E-state index is -0.168. The van der Waals surface area contributed by atoms with Gasteiger partial charge >= 0.3 is 0 Å². The van der Waals surface area contributed by atoms with E-state index >= 15 is 0 Å². The molecule has 3 N–H and O–H groups in total. The van der Waals surface area contributed by atoms with E-state index in [-0.39, 0.29) is 5.91 Å². The summed E-state index contributed by atoms with van der Waals surface area (Å²) in [6.45, 7) is 0.738. The fraction of sp³-hybridized carbons (Fsp3) is 0.364. The van der Waals surface area contributed by atoms with Crippen molar-refractivity contribution in [3.8, 4) is 0 Å². The number of anilines is 2. The van der Waals surface area contributed by atoms with Crippen LogP contribution in [0.15, 0.2) is 53.6 Å². The van der Waals surface area contributed by atoms with Crippen molar-refractivity contribution in [1.82, 2.24) is 5.01 Å². The van der Waals surface area contributed by atoms with E-state index in [2.05, 4.69) is 21.6 Å². The molecule has 0 bridgehead atoms. The standard InChI is InChI=1S/C22H26N4O2/c1-28-18-11-10-17-13-24-26(21(17)12-18)14-15-6-8-16(9-7-15)22(27)25-20-5-3-2-4-19(20)23/h2-9,13,17-18,21H,10-12,14,23H2,1H3,(H,25,27). The molecule has 0 spiro atoms. The molecule has 3 atom stereocenters. The molecule has 2 aromatic carbocycles. The van der Waals surface area contributed by atoms with Crippen LogP contribution in [-0.2, 0) is 11.3 Å². The van der Waals surface area contributed by atoms with Crippen LogP contribution in [0.25, 0.3) is 0 Å². The molecule has 2 aromatic rings. The number of methoxy groups -OCH3 is 1. The van der Waals surface area contributed by atoms with Crippen molar-refractivity contribution in [3.05, 3.63) is 59.7 Å². The maximum atomic E-state index is 12.5. The lowest BCUT2D eigenvalue weighted by atomic mass is 9.84. The summed E-state index contributed by atoms with van der Waals surface area (Å²) in [6, 6.07) is 15.3. The zero-order valence-electron chi connectivity index (χ0n) is 16.0. The number of carbonyl (C=O) groups excluding carboxylic acids is 1. The summed E-state index contributed by atoms with van der Waals surface area (Å²) in [5.74, 6) is 0.353. The Kier molecular flexibility index (Phi) is 5.30. The minimum absolute atomic E-state index is 0.168. The normalized spacial score (nSPS) is 23.5. The molecule has 4 rings (SSSR count). The van der Waals surface area contributed by atoms with Crippen LogP contribution in [0.3, 0.4) is 0 Å². The molecule has 146 valence electrons. The number of para-hydroxylation sites is 2. The topological polar surface area (TPSA) is 80.0 Å². The molecule has 1 amide bonds.